The van der Waals surface area contributed by atoms with Gasteiger partial charge in [-0.2, -0.15) is 0 Å². The normalized spacial score (nSPS) is 10.9. The van der Waals surface area contributed by atoms with Crippen molar-refractivity contribution in [2.75, 3.05) is 18.4 Å². The van der Waals surface area contributed by atoms with Crippen molar-refractivity contribution in [3.63, 3.8) is 0 Å². The number of aromatic nitrogens is 2. The van der Waals surface area contributed by atoms with Crippen LogP contribution >= 0.6 is 11.3 Å². The lowest BCUT2D eigenvalue weighted by atomic mass is 10.2. The predicted molar refractivity (Wildman–Crippen MR) is 116 cm³/mol. The molecule has 2 aromatic heterocycles. The molecular formula is C21H24N4O3S. The van der Waals surface area contributed by atoms with Crippen molar-refractivity contribution in [3.05, 3.63) is 57.0 Å². The van der Waals surface area contributed by atoms with Crippen molar-refractivity contribution < 1.29 is 9.59 Å². The van der Waals surface area contributed by atoms with E-state index in [0.717, 1.165) is 5.56 Å². The van der Waals surface area contributed by atoms with Crippen LogP contribution in [0.4, 0.5) is 5.69 Å². The number of benzene rings is 1. The van der Waals surface area contributed by atoms with E-state index in [-0.39, 0.29) is 23.9 Å². The summed E-state index contributed by atoms with van der Waals surface area (Å²) in [6.07, 6.45) is 1.38. The van der Waals surface area contributed by atoms with Crippen LogP contribution in [0.25, 0.3) is 10.2 Å². The van der Waals surface area contributed by atoms with Crippen molar-refractivity contribution >= 4 is 39.1 Å². The summed E-state index contributed by atoms with van der Waals surface area (Å²) < 4.78 is 1.31. The first kappa shape index (κ1) is 20.7. The number of nitrogens with zero attached hydrogens (tertiary/aromatic N) is 3. The van der Waals surface area contributed by atoms with Gasteiger partial charge in [-0.3, -0.25) is 19.0 Å². The SMILES string of the molecule is CCN(CC)C(=O)Cn1cnc2sc(C(=O)Nc3cccc(C)c3)c(C)c2c1=O. The van der Waals surface area contributed by atoms with E-state index < -0.39 is 0 Å². The molecule has 1 N–H and O–H groups in total. The molecule has 0 aliphatic carbocycles. The molecule has 0 atom stereocenters. The summed E-state index contributed by atoms with van der Waals surface area (Å²) in [5.41, 5.74) is 2.01. The van der Waals surface area contributed by atoms with Gasteiger partial charge < -0.3 is 10.2 Å². The minimum absolute atomic E-state index is 0.0659. The van der Waals surface area contributed by atoms with Crippen LogP contribution in [0.1, 0.15) is 34.6 Å². The van der Waals surface area contributed by atoms with E-state index in [1.54, 1.807) is 11.8 Å². The highest BCUT2D eigenvalue weighted by Crippen LogP contribution is 2.27. The molecule has 0 aliphatic rings. The molecule has 2 heterocycles. The third-order valence-electron chi connectivity index (χ3n) is 4.82. The monoisotopic (exact) mass is 412 g/mol. The van der Waals surface area contributed by atoms with Crippen molar-refractivity contribution in [1.29, 1.82) is 0 Å². The predicted octanol–water partition coefficient (Wildman–Crippen LogP) is 3.20. The number of carbonyl (C=O) groups is 2. The molecule has 0 saturated heterocycles. The number of carbonyl (C=O) groups excluding carboxylic acids is 2. The largest absolute Gasteiger partial charge is 0.342 e. The number of hydrogen-bond acceptors (Lipinski definition) is 5. The highest BCUT2D eigenvalue weighted by atomic mass is 32.1. The summed E-state index contributed by atoms with van der Waals surface area (Å²) in [4.78, 5) is 45.0. The van der Waals surface area contributed by atoms with Gasteiger partial charge in [-0.25, -0.2) is 4.98 Å². The van der Waals surface area contributed by atoms with E-state index in [2.05, 4.69) is 10.3 Å². The summed E-state index contributed by atoms with van der Waals surface area (Å²) in [6.45, 7) is 8.59. The highest BCUT2D eigenvalue weighted by Gasteiger charge is 2.21. The summed E-state index contributed by atoms with van der Waals surface area (Å²) >= 11 is 1.18. The zero-order valence-electron chi connectivity index (χ0n) is 17.0. The van der Waals surface area contributed by atoms with Crippen LogP contribution in [-0.4, -0.2) is 39.4 Å². The second-order valence-corrected chi connectivity index (χ2v) is 7.80. The van der Waals surface area contributed by atoms with Gasteiger partial charge in [-0.15, -0.1) is 11.3 Å². The first-order chi connectivity index (χ1) is 13.8. The van der Waals surface area contributed by atoms with Crippen molar-refractivity contribution in [1.82, 2.24) is 14.5 Å². The van der Waals surface area contributed by atoms with Gasteiger partial charge in [0.15, 0.2) is 0 Å². The number of likely N-dealkylation sites (N-methyl/N-ethyl adjacent to an activating group) is 1. The highest BCUT2D eigenvalue weighted by molar-refractivity contribution is 7.20. The van der Waals surface area contributed by atoms with Crippen LogP contribution in [0.3, 0.4) is 0 Å². The van der Waals surface area contributed by atoms with Gasteiger partial charge in [0.05, 0.1) is 16.6 Å². The molecule has 7 nitrogen and oxygen atoms in total. The molecule has 29 heavy (non-hydrogen) atoms. The quantitative estimate of drug-likeness (QED) is 0.674. The molecular weight excluding hydrogens is 388 g/mol. The summed E-state index contributed by atoms with van der Waals surface area (Å²) in [5.74, 6) is -0.412. The van der Waals surface area contributed by atoms with Crippen LogP contribution in [0.2, 0.25) is 0 Å². The van der Waals surface area contributed by atoms with E-state index in [4.69, 9.17) is 0 Å². The lowest BCUT2D eigenvalue weighted by Gasteiger charge is -2.18. The number of amides is 2. The zero-order valence-corrected chi connectivity index (χ0v) is 17.8. The number of anilines is 1. The zero-order chi connectivity index (χ0) is 21.1. The van der Waals surface area contributed by atoms with Gasteiger partial charge in [0.25, 0.3) is 11.5 Å². The van der Waals surface area contributed by atoms with Crippen LogP contribution < -0.4 is 10.9 Å². The lowest BCUT2D eigenvalue weighted by Crippen LogP contribution is -2.36. The molecule has 0 aliphatic heterocycles. The van der Waals surface area contributed by atoms with Crippen LogP contribution in [-0.2, 0) is 11.3 Å². The molecule has 152 valence electrons. The Bertz CT molecular complexity index is 1130. The molecule has 0 bridgehead atoms. The third-order valence-corrected chi connectivity index (χ3v) is 6.02. The maximum absolute atomic E-state index is 13.0. The maximum Gasteiger partial charge on any atom is 0.266 e. The average Bonchev–Trinajstić information content (AvgIpc) is 3.02. The molecule has 0 radical (unpaired) electrons. The fraction of sp³-hybridized carbons (Fsp3) is 0.333. The van der Waals surface area contributed by atoms with E-state index in [9.17, 15) is 14.4 Å². The molecule has 3 rings (SSSR count). The van der Waals surface area contributed by atoms with Crippen molar-refractivity contribution in [2.45, 2.75) is 34.2 Å². The fourth-order valence-electron chi connectivity index (χ4n) is 3.22. The molecule has 2 amide bonds. The van der Waals surface area contributed by atoms with Crippen LogP contribution in [0.15, 0.2) is 35.4 Å². The van der Waals surface area contributed by atoms with E-state index in [1.165, 1.54) is 22.2 Å². The van der Waals surface area contributed by atoms with Gasteiger partial charge in [0.2, 0.25) is 5.91 Å². The number of rotatable bonds is 6. The molecule has 0 spiro atoms. The summed E-state index contributed by atoms with van der Waals surface area (Å²) in [5, 5.41) is 3.26. The lowest BCUT2D eigenvalue weighted by molar-refractivity contribution is -0.131. The Balaban J connectivity index is 1.93. The number of fused-ring (bicyclic) bond motifs is 1. The van der Waals surface area contributed by atoms with Gasteiger partial charge in [0.1, 0.15) is 11.4 Å². The van der Waals surface area contributed by atoms with Gasteiger partial charge in [0, 0.05) is 18.8 Å². The molecule has 1 aromatic carbocycles. The van der Waals surface area contributed by atoms with Crippen LogP contribution in [0.5, 0.6) is 0 Å². The molecule has 0 saturated carbocycles. The first-order valence-electron chi connectivity index (χ1n) is 9.50. The number of hydrogen-bond donors (Lipinski definition) is 1. The Hall–Kier alpha value is -3.00. The summed E-state index contributed by atoms with van der Waals surface area (Å²) in [6, 6.07) is 7.52. The Morgan fingerprint density at radius 1 is 1.21 bits per heavy atom. The first-order valence-corrected chi connectivity index (χ1v) is 10.3. The smallest absolute Gasteiger partial charge is 0.266 e. The standard InChI is InChI=1S/C21H24N4O3S/c1-5-24(6-2)16(26)11-25-12-22-20-17(21(25)28)14(4)18(29-20)19(27)23-15-9-7-8-13(3)10-15/h7-10,12H,5-6,11H2,1-4H3,(H,23,27). The molecule has 8 heteroatoms. The van der Waals surface area contributed by atoms with Crippen LogP contribution in [0, 0.1) is 13.8 Å². The van der Waals surface area contributed by atoms with Crippen molar-refractivity contribution in [2.24, 2.45) is 0 Å². The maximum atomic E-state index is 13.0. The topological polar surface area (TPSA) is 84.3 Å². The molecule has 3 aromatic rings. The van der Waals surface area contributed by atoms with Gasteiger partial charge in [-0.05, 0) is 51.0 Å². The Morgan fingerprint density at radius 3 is 2.59 bits per heavy atom. The van der Waals surface area contributed by atoms with E-state index in [1.807, 2.05) is 45.0 Å². The Morgan fingerprint density at radius 2 is 1.93 bits per heavy atom. The number of aryl methyl sites for hydroxylation is 2. The Kier molecular flexibility index (Phi) is 6.12. The average molecular weight is 413 g/mol. The van der Waals surface area contributed by atoms with E-state index in [0.29, 0.717) is 39.4 Å². The third kappa shape index (κ3) is 4.22. The van der Waals surface area contributed by atoms with Gasteiger partial charge in [-0.1, -0.05) is 12.1 Å². The second kappa shape index (κ2) is 8.57. The van der Waals surface area contributed by atoms with Gasteiger partial charge >= 0.3 is 0 Å². The minimum Gasteiger partial charge on any atom is -0.342 e. The molecule has 0 fully saturated rings. The van der Waals surface area contributed by atoms with E-state index >= 15 is 0 Å². The van der Waals surface area contributed by atoms with Crippen molar-refractivity contribution in [3.8, 4) is 0 Å². The molecule has 0 unspecified atom stereocenters. The fourth-order valence-corrected chi connectivity index (χ4v) is 4.26. The summed E-state index contributed by atoms with van der Waals surface area (Å²) in [7, 11) is 0. The Labute approximate surface area is 173 Å². The number of thiophene rings is 1. The second-order valence-electron chi connectivity index (χ2n) is 6.80. The number of nitrogens with one attached hydrogen (secondary N) is 1. The minimum atomic E-state index is -0.307.